The molecule has 0 aromatic rings. The van der Waals surface area contributed by atoms with E-state index in [-0.39, 0.29) is 24.1 Å². The molecule has 4 heteroatoms. The van der Waals surface area contributed by atoms with E-state index in [1.165, 1.54) is 0 Å². The Morgan fingerprint density at radius 3 is 2.33 bits per heavy atom. The summed E-state index contributed by atoms with van der Waals surface area (Å²) in [6, 6.07) is 0.184. The van der Waals surface area contributed by atoms with Crippen LogP contribution in [-0.4, -0.2) is 47.2 Å². The molecule has 3 atom stereocenters. The van der Waals surface area contributed by atoms with E-state index in [9.17, 15) is 9.90 Å². The van der Waals surface area contributed by atoms with Gasteiger partial charge in [-0.2, -0.15) is 0 Å². The zero-order valence-corrected chi connectivity index (χ0v) is 12.1. The van der Waals surface area contributed by atoms with Crippen LogP contribution in [0.15, 0.2) is 0 Å². The molecule has 0 aliphatic carbocycles. The number of rotatable bonds is 5. The van der Waals surface area contributed by atoms with Crippen LogP contribution in [0.1, 0.15) is 47.0 Å². The number of carbonyl (C=O) groups is 1. The van der Waals surface area contributed by atoms with Crippen molar-refractivity contribution in [2.75, 3.05) is 13.1 Å². The Labute approximate surface area is 111 Å². The molecule has 0 saturated carbocycles. The van der Waals surface area contributed by atoms with Gasteiger partial charge in [0.2, 0.25) is 5.91 Å². The second-order valence-corrected chi connectivity index (χ2v) is 5.61. The third-order valence-corrected chi connectivity index (χ3v) is 4.18. The van der Waals surface area contributed by atoms with Crippen LogP contribution in [0.4, 0.5) is 0 Å². The summed E-state index contributed by atoms with van der Waals surface area (Å²) in [5.74, 6) is 0.519. The lowest BCUT2D eigenvalue weighted by atomic mass is 9.91. The number of aliphatic hydroxyl groups is 1. The summed E-state index contributed by atoms with van der Waals surface area (Å²) in [5.41, 5.74) is 0. The SMILES string of the molecule is CCC(C)NC(=O)C(C)N1CCC(C(C)O)CC1. The van der Waals surface area contributed by atoms with Crippen molar-refractivity contribution in [3.8, 4) is 0 Å². The molecule has 1 rings (SSSR count). The highest BCUT2D eigenvalue weighted by Gasteiger charge is 2.28. The van der Waals surface area contributed by atoms with Gasteiger partial charge >= 0.3 is 0 Å². The third kappa shape index (κ3) is 4.25. The number of nitrogens with one attached hydrogen (secondary N) is 1. The van der Waals surface area contributed by atoms with Crippen molar-refractivity contribution in [1.82, 2.24) is 10.2 Å². The van der Waals surface area contributed by atoms with Gasteiger partial charge in [-0.1, -0.05) is 6.92 Å². The van der Waals surface area contributed by atoms with Crippen molar-refractivity contribution in [2.24, 2.45) is 5.92 Å². The standard InChI is InChI=1S/C14H28N2O2/c1-5-10(2)15-14(18)11(3)16-8-6-13(7-9-16)12(4)17/h10-13,17H,5-9H2,1-4H3,(H,15,18). The van der Waals surface area contributed by atoms with Crippen LogP contribution in [0.25, 0.3) is 0 Å². The van der Waals surface area contributed by atoms with Crippen molar-refractivity contribution in [3.05, 3.63) is 0 Å². The van der Waals surface area contributed by atoms with Gasteiger partial charge < -0.3 is 10.4 Å². The summed E-state index contributed by atoms with van der Waals surface area (Å²) >= 11 is 0. The highest BCUT2D eigenvalue weighted by molar-refractivity contribution is 5.81. The number of carbonyl (C=O) groups excluding carboxylic acids is 1. The quantitative estimate of drug-likeness (QED) is 0.781. The maximum absolute atomic E-state index is 12.0. The van der Waals surface area contributed by atoms with E-state index in [1.807, 2.05) is 20.8 Å². The largest absolute Gasteiger partial charge is 0.393 e. The Balaban J connectivity index is 2.39. The van der Waals surface area contributed by atoms with Gasteiger partial charge in [0.25, 0.3) is 0 Å². The molecule has 0 radical (unpaired) electrons. The Hall–Kier alpha value is -0.610. The van der Waals surface area contributed by atoms with E-state index in [4.69, 9.17) is 0 Å². The van der Waals surface area contributed by atoms with Gasteiger partial charge in [0, 0.05) is 6.04 Å². The van der Waals surface area contributed by atoms with Gasteiger partial charge in [0.1, 0.15) is 0 Å². The number of hydrogen-bond donors (Lipinski definition) is 2. The summed E-state index contributed by atoms with van der Waals surface area (Å²) < 4.78 is 0. The highest BCUT2D eigenvalue weighted by atomic mass is 16.3. The lowest BCUT2D eigenvalue weighted by molar-refractivity contribution is -0.127. The fourth-order valence-electron chi connectivity index (χ4n) is 2.42. The molecule has 1 aliphatic heterocycles. The predicted molar refractivity (Wildman–Crippen MR) is 73.3 cm³/mol. The molecule has 3 unspecified atom stereocenters. The second kappa shape index (κ2) is 7.10. The smallest absolute Gasteiger partial charge is 0.237 e. The lowest BCUT2D eigenvalue weighted by Gasteiger charge is -2.36. The number of likely N-dealkylation sites (tertiary alicyclic amines) is 1. The lowest BCUT2D eigenvalue weighted by Crippen LogP contribution is -2.50. The normalized spacial score (nSPS) is 23.4. The minimum atomic E-state index is -0.226. The van der Waals surface area contributed by atoms with Gasteiger partial charge in [-0.15, -0.1) is 0 Å². The van der Waals surface area contributed by atoms with Crippen LogP contribution in [-0.2, 0) is 4.79 Å². The Morgan fingerprint density at radius 2 is 1.89 bits per heavy atom. The molecule has 18 heavy (non-hydrogen) atoms. The molecule has 0 aromatic heterocycles. The highest BCUT2D eigenvalue weighted by Crippen LogP contribution is 2.21. The zero-order valence-electron chi connectivity index (χ0n) is 12.1. The van der Waals surface area contributed by atoms with E-state index in [1.54, 1.807) is 0 Å². The number of aliphatic hydroxyl groups excluding tert-OH is 1. The maximum atomic E-state index is 12.0. The first-order valence-electron chi connectivity index (χ1n) is 7.18. The van der Waals surface area contributed by atoms with Crippen LogP contribution in [0, 0.1) is 5.92 Å². The summed E-state index contributed by atoms with van der Waals surface area (Å²) in [6.07, 6.45) is 2.70. The number of amides is 1. The Kier molecular flexibility index (Phi) is 6.09. The van der Waals surface area contributed by atoms with Gasteiger partial charge in [-0.3, -0.25) is 9.69 Å². The molecular weight excluding hydrogens is 228 g/mol. The fourth-order valence-corrected chi connectivity index (χ4v) is 2.42. The molecule has 4 nitrogen and oxygen atoms in total. The molecule has 1 heterocycles. The fraction of sp³-hybridized carbons (Fsp3) is 0.929. The van der Waals surface area contributed by atoms with Gasteiger partial charge in [-0.25, -0.2) is 0 Å². The minimum absolute atomic E-state index is 0.0612. The molecule has 2 N–H and O–H groups in total. The molecule has 1 amide bonds. The molecule has 1 fully saturated rings. The van der Waals surface area contributed by atoms with Crippen LogP contribution < -0.4 is 5.32 Å². The number of piperidine rings is 1. The molecule has 0 bridgehead atoms. The van der Waals surface area contributed by atoms with Crippen molar-refractivity contribution in [1.29, 1.82) is 0 Å². The molecule has 1 aliphatic rings. The van der Waals surface area contributed by atoms with Crippen LogP contribution in [0.3, 0.4) is 0 Å². The van der Waals surface area contributed by atoms with Crippen LogP contribution in [0.5, 0.6) is 0 Å². The summed E-state index contributed by atoms with van der Waals surface area (Å²) in [6.45, 7) is 9.75. The Morgan fingerprint density at radius 1 is 1.33 bits per heavy atom. The molecule has 1 saturated heterocycles. The maximum Gasteiger partial charge on any atom is 0.237 e. The third-order valence-electron chi connectivity index (χ3n) is 4.18. The topological polar surface area (TPSA) is 52.6 Å². The van der Waals surface area contributed by atoms with Crippen molar-refractivity contribution in [2.45, 2.75) is 65.1 Å². The monoisotopic (exact) mass is 256 g/mol. The average molecular weight is 256 g/mol. The van der Waals surface area contributed by atoms with E-state index >= 15 is 0 Å². The average Bonchev–Trinajstić information content (AvgIpc) is 2.37. The summed E-state index contributed by atoms with van der Waals surface area (Å²) in [5, 5.41) is 12.6. The first-order valence-corrected chi connectivity index (χ1v) is 7.18. The molecule has 0 spiro atoms. The van der Waals surface area contributed by atoms with Gasteiger partial charge in [-0.05, 0) is 59.0 Å². The van der Waals surface area contributed by atoms with Crippen LogP contribution >= 0.6 is 0 Å². The summed E-state index contributed by atoms with van der Waals surface area (Å²) in [4.78, 5) is 14.2. The Bertz CT molecular complexity index is 261. The van der Waals surface area contributed by atoms with Crippen molar-refractivity contribution >= 4 is 5.91 Å². The minimum Gasteiger partial charge on any atom is -0.393 e. The summed E-state index contributed by atoms with van der Waals surface area (Å²) in [7, 11) is 0. The number of hydrogen-bond acceptors (Lipinski definition) is 3. The number of nitrogens with zero attached hydrogens (tertiary/aromatic N) is 1. The van der Waals surface area contributed by atoms with Crippen molar-refractivity contribution < 1.29 is 9.90 Å². The van der Waals surface area contributed by atoms with E-state index in [2.05, 4.69) is 17.1 Å². The van der Waals surface area contributed by atoms with E-state index < -0.39 is 0 Å². The zero-order chi connectivity index (χ0) is 13.7. The van der Waals surface area contributed by atoms with Crippen molar-refractivity contribution in [3.63, 3.8) is 0 Å². The molecule has 106 valence electrons. The molecule has 0 aromatic carbocycles. The van der Waals surface area contributed by atoms with Gasteiger partial charge in [0.05, 0.1) is 12.1 Å². The van der Waals surface area contributed by atoms with Gasteiger partial charge in [0.15, 0.2) is 0 Å². The predicted octanol–water partition coefficient (Wildman–Crippen LogP) is 1.38. The van der Waals surface area contributed by atoms with E-state index in [0.29, 0.717) is 5.92 Å². The second-order valence-electron chi connectivity index (χ2n) is 5.61. The van der Waals surface area contributed by atoms with Crippen LogP contribution in [0.2, 0.25) is 0 Å². The van der Waals surface area contributed by atoms with E-state index in [0.717, 1.165) is 32.4 Å². The molecular formula is C14H28N2O2. The first kappa shape index (κ1) is 15.4. The first-order chi connectivity index (χ1) is 8.45.